The highest BCUT2D eigenvalue weighted by Crippen LogP contribution is 2.22. The van der Waals surface area contributed by atoms with Crippen molar-refractivity contribution < 1.29 is 14.2 Å². The van der Waals surface area contributed by atoms with Crippen LogP contribution in [0, 0.1) is 0 Å². The van der Waals surface area contributed by atoms with E-state index >= 15 is 0 Å². The molecule has 0 spiro atoms. The van der Waals surface area contributed by atoms with Crippen molar-refractivity contribution in [2.75, 3.05) is 33.5 Å². The first-order valence-electron chi connectivity index (χ1n) is 5.44. The molecule has 0 aliphatic heterocycles. The van der Waals surface area contributed by atoms with Gasteiger partial charge >= 0.3 is 0 Å². The quantitative estimate of drug-likeness (QED) is 0.586. The molecule has 0 amide bonds. The van der Waals surface area contributed by atoms with Gasteiger partial charge < -0.3 is 19.9 Å². The van der Waals surface area contributed by atoms with Crippen LogP contribution in [0.5, 0.6) is 5.75 Å². The average Bonchev–Trinajstić information content (AvgIpc) is 2.33. The van der Waals surface area contributed by atoms with Crippen LogP contribution in [0.1, 0.15) is 5.56 Å². The van der Waals surface area contributed by atoms with E-state index in [9.17, 15) is 0 Å². The number of ether oxygens (including phenoxy) is 3. The van der Waals surface area contributed by atoms with Crippen molar-refractivity contribution in [3.8, 4) is 5.75 Å². The second-order valence-corrected chi connectivity index (χ2v) is 4.31. The standard InChI is InChI=1S/C12H16ClNO3S/c1-15-4-5-16-6-7-17-9-2-3-10(12(14)18)11(13)8-9/h2-3,8H,4-7H2,1H3,(H2,14,18). The molecule has 0 aliphatic carbocycles. The maximum Gasteiger partial charge on any atom is 0.120 e. The number of rotatable bonds is 8. The third-order valence-corrected chi connectivity index (χ3v) is 2.67. The van der Waals surface area contributed by atoms with Gasteiger partial charge in [-0.15, -0.1) is 0 Å². The van der Waals surface area contributed by atoms with Gasteiger partial charge in [0.1, 0.15) is 17.3 Å². The van der Waals surface area contributed by atoms with E-state index in [0.717, 1.165) is 0 Å². The summed E-state index contributed by atoms with van der Waals surface area (Å²) in [6, 6.07) is 5.20. The Kier molecular flexibility index (Phi) is 6.97. The monoisotopic (exact) mass is 289 g/mol. The number of hydrogen-bond acceptors (Lipinski definition) is 4. The van der Waals surface area contributed by atoms with Crippen LogP contribution in [0.3, 0.4) is 0 Å². The van der Waals surface area contributed by atoms with E-state index in [4.69, 9.17) is 43.8 Å². The highest BCUT2D eigenvalue weighted by Gasteiger charge is 2.04. The highest BCUT2D eigenvalue weighted by atomic mass is 35.5. The zero-order chi connectivity index (χ0) is 13.4. The van der Waals surface area contributed by atoms with Crippen LogP contribution in [0.25, 0.3) is 0 Å². The van der Waals surface area contributed by atoms with Crippen LogP contribution < -0.4 is 10.5 Å². The van der Waals surface area contributed by atoms with Gasteiger partial charge in [-0.25, -0.2) is 0 Å². The summed E-state index contributed by atoms with van der Waals surface area (Å²) in [5.74, 6) is 0.662. The Morgan fingerprint density at radius 3 is 2.61 bits per heavy atom. The Labute approximate surface area is 117 Å². The number of thiocarbonyl (C=S) groups is 1. The Hall–Kier alpha value is -0.880. The molecule has 1 aromatic carbocycles. The Bertz CT molecular complexity index is 401. The fourth-order valence-electron chi connectivity index (χ4n) is 1.25. The molecule has 0 bridgehead atoms. The molecule has 1 rings (SSSR count). The zero-order valence-electron chi connectivity index (χ0n) is 10.1. The number of benzene rings is 1. The maximum atomic E-state index is 6.01. The van der Waals surface area contributed by atoms with Gasteiger partial charge in [-0.2, -0.15) is 0 Å². The van der Waals surface area contributed by atoms with E-state index in [-0.39, 0.29) is 4.99 Å². The molecule has 6 heteroatoms. The molecule has 0 saturated carbocycles. The second kappa shape index (κ2) is 8.26. The molecule has 0 saturated heterocycles. The summed E-state index contributed by atoms with van der Waals surface area (Å²) in [5.41, 5.74) is 6.16. The largest absolute Gasteiger partial charge is 0.491 e. The van der Waals surface area contributed by atoms with Gasteiger partial charge in [0.25, 0.3) is 0 Å². The predicted molar refractivity (Wildman–Crippen MR) is 75.5 cm³/mol. The van der Waals surface area contributed by atoms with Crippen LogP contribution >= 0.6 is 23.8 Å². The Morgan fingerprint density at radius 2 is 2.00 bits per heavy atom. The molecule has 0 fully saturated rings. The van der Waals surface area contributed by atoms with Gasteiger partial charge in [0, 0.05) is 12.7 Å². The van der Waals surface area contributed by atoms with Gasteiger partial charge in [-0.3, -0.25) is 0 Å². The minimum absolute atomic E-state index is 0.273. The molecule has 0 heterocycles. The van der Waals surface area contributed by atoms with Gasteiger partial charge in [-0.1, -0.05) is 23.8 Å². The van der Waals surface area contributed by atoms with Gasteiger partial charge in [-0.05, 0) is 18.2 Å². The van der Waals surface area contributed by atoms with E-state index in [1.54, 1.807) is 25.3 Å². The summed E-state index contributed by atoms with van der Waals surface area (Å²) in [6.07, 6.45) is 0. The second-order valence-electron chi connectivity index (χ2n) is 3.46. The molecule has 1 aromatic rings. The van der Waals surface area contributed by atoms with Crippen molar-refractivity contribution in [2.45, 2.75) is 0 Å². The molecule has 18 heavy (non-hydrogen) atoms. The SMILES string of the molecule is COCCOCCOc1ccc(C(N)=S)c(Cl)c1. The first kappa shape index (κ1) is 15.2. The Balaban J connectivity index is 2.35. The van der Waals surface area contributed by atoms with Crippen molar-refractivity contribution in [3.05, 3.63) is 28.8 Å². The normalized spacial score (nSPS) is 10.3. The van der Waals surface area contributed by atoms with Crippen LogP contribution in [0.2, 0.25) is 5.02 Å². The van der Waals surface area contributed by atoms with E-state index in [0.29, 0.717) is 42.8 Å². The van der Waals surface area contributed by atoms with Crippen molar-refractivity contribution >= 4 is 28.8 Å². The lowest BCUT2D eigenvalue weighted by molar-refractivity contribution is 0.0544. The van der Waals surface area contributed by atoms with Gasteiger partial charge in [0.05, 0.1) is 24.8 Å². The van der Waals surface area contributed by atoms with Crippen LogP contribution in [-0.2, 0) is 9.47 Å². The molecule has 0 aliphatic rings. The zero-order valence-corrected chi connectivity index (χ0v) is 11.7. The average molecular weight is 290 g/mol. The third-order valence-electron chi connectivity index (χ3n) is 2.13. The number of hydrogen-bond donors (Lipinski definition) is 1. The highest BCUT2D eigenvalue weighted by molar-refractivity contribution is 7.80. The maximum absolute atomic E-state index is 6.01. The lowest BCUT2D eigenvalue weighted by Gasteiger charge is -2.09. The predicted octanol–water partition coefficient (Wildman–Crippen LogP) is 2.02. The first-order chi connectivity index (χ1) is 8.65. The van der Waals surface area contributed by atoms with E-state index in [1.165, 1.54) is 0 Å². The van der Waals surface area contributed by atoms with E-state index < -0.39 is 0 Å². The summed E-state index contributed by atoms with van der Waals surface area (Å²) in [7, 11) is 1.63. The lowest BCUT2D eigenvalue weighted by Crippen LogP contribution is -2.11. The van der Waals surface area contributed by atoms with Crippen molar-refractivity contribution in [1.82, 2.24) is 0 Å². The van der Waals surface area contributed by atoms with Gasteiger partial charge in [0.2, 0.25) is 0 Å². The fourth-order valence-corrected chi connectivity index (χ4v) is 1.75. The van der Waals surface area contributed by atoms with Gasteiger partial charge in [0.15, 0.2) is 0 Å². The molecule has 0 unspecified atom stereocenters. The molecular weight excluding hydrogens is 274 g/mol. The number of methoxy groups -OCH3 is 1. The summed E-state index contributed by atoms with van der Waals surface area (Å²) in [6.45, 7) is 2.08. The van der Waals surface area contributed by atoms with Crippen molar-refractivity contribution in [2.24, 2.45) is 5.73 Å². The lowest BCUT2D eigenvalue weighted by atomic mass is 10.2. The number of nitrogens with two attached hydrogens (primary N) is 1. The van der Waals surface area contributed by atoms with E-state index in [1.807, 2.05) is 0 Å². The number of halogens is 1. The minimum atomic E-state index is 0.273. The summed E-state index contributed by atoms with van der Waals surface area (Å²) in [4.78, 5) is 0.273. The summed E-state index contributed by atoms with van der Waals surface area (Å²) < 4.78 is 15.6. The molecule has 0 atom stereocenters. The third kappa shape index (κ3) is 5.18. The topological polar surface area (TPSA) is 53.7 Å². The fraction of sp³-hybridized carbons (Fsp3) is 0.417. The van der Waals surface area contributed by atoms with Crippen molar-refractivity contribution in [3.63, 3.8) is 0 Å². The summed E-state index contributed by atoms with van der Waals surface area (Å²) in [5, 5.41) is 0.486. The summed E-state index contributed by atoms with van der Waals surface area (Å²) >= 11 is 10.9. The van der Waals surface area contributed by atoms with Crippen molar-refractivity contribution in [1.29, 1.82) is 0 Å². The molecular formula is C12H16ClNO3S. The first-order valence-corrected chi connectivity index (χ1v) is 6.22. The van der Waals surface area contributed by atoms with E-state index in [2.05, 4.69) is 0 Å². The Morgan fingerprint density at radius 1 is 1.28 bits per heavy atom. The van der Waals surface area contributed by atoms with Crippen LogP contribution in [0.4, 0.5) is 0 Å². The van der Waals surface area contributed by atoms with Crippen LogP contribution in [-0.4, -0.2) is 38.5 Å². The molecule has 0 aromatic heterocycles. The smallest absolute Gasteiger partial charge is 0.120 e. The molecule has 4 nitrogen and oxygen atoms in total. The molecule has 100 valence electrons. The molecule has 2 N–H and O–H groups in total. The van der Waals surface area contributed by atoms with Crippen LogP contribution in [0.15, 0.2) is 18.2 Å². The minimum Gasteiger partial charge on any atom is -0.491 e. The molecule has 0 radical (unpaired) electrons.